The Morgan fingerprint density at radius 3 is 2.24 bits per heavy atom. The van der Waals surface area contributed by atoms with Crippen LogP contribution in [-0.2, 0) is 26.2 Å². The summed E-state index contributed by atoms with van der Waals surface area (Å²) in [4.78, 5) is 28.1. The monoisotopic (exact) mass is 539 g/mol. The minimum absolute atomic E-state index is 0.0770. The molecule has 1 atom stereocenters. The zero-order valence-electron chi connectivity index (χ0n) is 21.9. The molecule has 0 unspecified atom stereocenters. The molecule has 3 rings (SSSR count). The lowest BCUT2D eigenvalue weighted by Gasteiger charge is -2.32. The van der Waals surface area contributed by atoms with E-state index in [1.165, 1.54) is 35.2 Å². The molecule has 0 radical (unpaired) electrons. The Morgan fingerprint density at radius 1 is 0.947 bits per heavy atom. The van der Waals surface area contributed by atoms with Crippen LogP contribution in [0.3, 0.4) is 0 Å². The first-order valence-corrected chi connectivity index (χ1v) is 14.0. The van der Waals surface area contributed by atoms with E-state index < -0.39 is 34.3 Å². The highest BCUT2D eigenvalue weighted by Crippen LogP contribution is 2.27. The van der Waals surface area contributed by atoms with Crippen LogP contribution in [0, 0.1) is 12.7 Å². The summed E-state index contributed by atoms with van der Waals surface area (Å²) >= 11 is 0. The number of carbonyl (C=O) groups is 2. The minimum atomic E-state index is -4.30. The van der Waals surface area contributed by atoms with E-state index in [4.69, 9.17) is 0 Å². The number of hydrogen-bond acceptors (Lipinski definition) is 4. The largest absolute Gasteiger partial charge is 0.354 e. The van der Waals surface area contributed by atoms with Gasteiger partial charge in [-0.3, -0.25) is 13.9 Å². The quantitative estimate of drug-likeness (QED) is 0.339. The Labute approximate surface area is 224 Å². The first kappa shape index (κ1) is 28.8. The van der Waals surface area contributed by atoms with E-state index in [0.29, 0.717) is 6.54 Å². The maximum atomic E-state index is 14.9. The summed E-state index contributed by atoms with van der Waals surface area (Å²) in [7, 11) is -4.30. The van der Waals surface area contributed by atoms with Crippen molar-refractivity contribution >= 4 is 27.5 Å². The summed E-state index contributed by atoms with van der Waals surface area (Å²) in [5.41, 5.74) is 1.49. The molecule has 0 bridgehead atoms. The van der Waals surface area contributed by atoms with E-state index in [9.17, 15) is 22.4 Å². The molecule has 0 spiro atoms. The lowest BCUT2D eigenvalue weighted by Crippen LogP contribution is -2.51. The third-order valence-corrected chi connectivity index (χ3v) is 8.10. The molecular weight excluding hydrogens is 505 g/mol. The highest BCUT2D eigenvalue weighted by Gasteiger charge is 2.33. The van der Waals surface area contributed by atoms with Crippen LogP contribution in [-0.4, -0.2) is 44.3 Å². The average Bonchev–Trinajstić information content (AvgIpc) is 2.91. The number of nitrogens with one attached hydrogen (secondary N) is 1. The smallest absolute Gasteiger partial charge is 0.264 e. The molecule has 202 valence electrons. The van der Waals surface area contributed by atoms with Crippen LogP contribution in [0.25, 0.3) is 0 Å². The number of hydrogen-bond donors (Lipinski definition) is 1. The maximum Gasteiger partial charge on any atom is 0.264 e. The topological polar surface area (TPSA) is 86.8 Å². The highest BCUT2D eigenvalue weighted by molar-refractivity contribution is 7.92. The van der Waals surface area contributed by atoms with E-state index in [1.807, 2.05) is 38.1 Å². The van der Waals surface area contributed by atoms with E-state index in [-0.39, 0.29) is 23.0 Å². The third-order valence-electron chi connectivity index (χ3n) is 6.33. The molecule has 0 saturated carbocycles. The van der Waals surface area contributed by atoms with Gasteiger partial charge in [0, 0.05) is 13.1 Å². The van der Waals surface area contributed by atoms with Crippen LogP contribution in [0.4, 0.5) is 10.1 Å². The van der Waals surface area contributed by atoms with Crippen molar-refractivity contribution in [2.75, 3.05) is 17.4 Å². The zero-order chi connectivity index (χ0) is 27.7. The Balaban J connectivity index is 2.01. The van der Waals surface area contributed by atoms with E-state index in [0.717, 1.165) is 34.3 Å². The molecule has 0 saturated heterocycles. The molecule has 0 aliphatic heterocycles. The van der Waals surface area contributed by atoms with Crippen molar-refractivity contribution in [1.82, 2.24) is 10.2 Å². The Bertz CT molecular complexity index is 1350. The van der Waals surface area contributed by atoms with Crippen LogP contribution in [0.2, 0.25) is 0 Å². The minimum Gasteiger partial charge on any atom is -0.354 e. The van der Waals surface area contributed by atoms with Crippen molar-refractivity contribution in [2.45, 2.75) is 51.1 Å². The lowest BCUT2D eigenvalue weighted by atomic mass is 10.1. The number of para-hydroxylation sites is 1. The van der Waals surface area contributed by atoms with Crippen LogP contribution in [0.5, 0.6) is 0 Å². The molecular formula is C29H34FN3O4S. The Morgan fingerprint density at radius 2 is 1.58 bits per heavy atom. The second kappa shape index (κ2) is 13.2. The number of amides is 2. The normalized spacial score (nSPS) is 12.0. The zero-order valence-corrected chi connectivity index (χ0v) is 22.7. The second-order valence-electron chi connectivity index (χ2n) is 9.04. The van der Waals surface area contributed by atoms with E-state index >= 15 is 0 Å². The summed E-state index contributed by atoms with van der Waals surface area (Å²) in [5.74, 6) is -1.76. The number of rotatable bonds is 12. The van der Waals surface area contributed by atoms with Crippen LogP contribution in [0.1, 0.15) is 37.8 Å². The van der Waals surface area contributed by atoms with Gasteiger partial charge in [-0.2, -0.15) is 0 Å². The van der Waals surface area contributed by atoms with Gasteiger partial charge in [-0.25, -0.2) is 12.8 Å². The fourth-order valence-corrected chi connectivity index (χ4v) is 5.42. The van der Waals surface area contributed by atoms with Gasteiger partial charge in [0.15, 0.2) is 0 Å². The summed E-state index contributed by atoms with van der Waals surface area (Å²) in [6.45, 7) is 5.39. The number of carbonyl (C=O) groups excluding carboxylic acids is 2. The molecule has 0 aliphatic rings. The molecule has 0 aromatic heterocycles. The van der Waals surface area contributed by atoms with Crippen molar-refractivity contribution in [3.05, 3.63) is 95.8 Å². The number of benzene rings is 3. The van der Waals surface area contributed by atoms with Gasteiger partial charge in [0.25, 0.3) is 10.0 Å². The van der Waals surface area contributed by atoms with Crippen molar-refractivity contribution in [3.8, 4) is 0 Å². The van der Waals surface area contributed by atoms with Crippen LogP contribution >= 0.6 is 0 Å². The van der Waals surface area contributed by atoms with E-state index in [2.05, 4.69) is 5.32 Å². The summed E-state index contributed by atoms with van der Waals surface area (Å²) in [6.07, 6.45) is 1.69. The van der Waals surface area contributed by atoms with Crippen molar-refractivity contribution in [2.24, 2.45) is 0 Å². The van der Waals surface area contributed by atoms with Gasteiger partial charge in [-0.1, -0.05) is 67.9 Å². The Hall–Kier alpha value is -3.72. The van der Waals surface area contributed by atoms with Crippen molar-refractivity contribution in [3.63, 3.8) is 0 Å². The molecule has 3 aromatic rings. The number of halogens is 1. The molecule has 7 nitrogen and oxygen atoms in total. The van der Waals surface area contributed by atoms with Crippen LogP contribution < -0.4 is 9.62 Å². The summed E-state index contributed by atoms with van der Waals surface area (Å²) < 4.78 is 43.0. The fourth-order valence-electron chi connectivity index (χ4n) is 3.98. The SMILES string of the molecule is CCCCNC(=O)[C@H](C)N(Cc1ccccc1C)C(=O)CN(c1ccccc1F)S(=O)(=O)c1ccccc1. The Kier molecular flexibility index (Phi) is 10.0. The maximum absolute atomic E-state index is 14.9. The molecule has 38 heavy (non-hydrogen) atoms. The van der Waals surface area contributed by atoms with Gasteiger partial charge in [0.2, 0.25) is 11.8 Å². The fraction of sp³-hybridized carbons (Fsp3) is 0.310. The summed E-state index contributed by atoms with van der Waals surface area (Å²) in [6, 6.07) is 19.5. The second-order valence-corrected chi connectivity index (χ2v) is 10.9. The molecule has 2 amide bonds. The van der Waals surface area contributed by atoms with Gasteiger partial charge in [-0.15, -0.1) is 0 Å². The molecule has 0 fully saturated rings. The molecule has 0 aliphatic carbocycles. The standard InChI is InChI=1S/C29H34FN3O4S/c1-4-5-19-31-29(35)23(3)32(20-24-14-10-9-13-22(24)2)28(34)21-33(27-18-12-11-17-26(27)30)38(36,37)25-15-7-6-8-16-25/h6-18,23H,4-5,19-21H2,1-3H3,(H,31,35)/t23-/m0/s1. The summed E-state index contributed by atoms with van der Waals surface area (Å²) in [5, 5.41) is 2.84. The van der Waals surface area contributed by atoms with E-state index in [1.54, 1.807) is 25.1 Å². The highest BCUT2D eigenvalue weighted by atomic mass is 32.2. The number of aryl methyl sites for hydroxylation is 1. The number of anilines is 1. The van der Waals surface area contributed by atoms with Crippen molar-refractivity contribution < 1.29 is 22.4 Å². The van der Waals surface area contributed by atoms with Gasteiger partial charge >= 0.3 is 0 Å². The van der Waals surface area contributed by atoms with Gasteiger partial charge < -0.3 is 10.2 Å². The lowest BCUT2D eigenvalue weighted by molar-refractivity contribution is -0.139. The first-order chi connectivity index (χ1) is 18.2. The predicted octanol–water partition coefficient (Wildman–Crippen LogP) is 4.66. The van der Waals surface area contributed by atoms with Gasteiger partial charge in [0.05, 0.1) is 10.6 Å². The van der Waals surface area contributed by atoms with Crippen molar-refractivity contribution in [1.29, 1.82) is 0 Å². The molecule has 9 heteroatoms. The average molecular weight is 540 g/mol. The third kappa shape index (κ3) is 6.98. The van der Waals surface area contributed by atoms with Gasteiger partial charge in [-0.05, 0) is 55.7 Å². The molecule has 0 heterocycles. The first-order valence-electron chi connectivity index (χ1n) is 12.6. The van der Waals surface area contributed by atoms with Crippen LogP contribution in [0.15, 0.2) is 83.8 Å². The van der Waals surface area contributed by atoms with Gasteiger partial charge in [0.1, 0.15) is 18.4 Å². The number of nitrogens with zero attached hydrogens (tertiary/aromatic N) is 2. The number of sulfonamides is 1. The molecule has 1 N–H and O–H groups in total. The molecule has 3 aromatic carbocycles. The number of unbranched alkanes of at least 4 members (excludes halogenated alkanes) is 1. The predicted molar refractivity (Wildman–Crippen MR) is 146 cm³/mol.